The summed E-state index contributed by atoms with van der Waals surface area (Å²) in [6, 6.07) is 16.3. The van der Waals surface area contributed by atoms with Gasteiger partial charge in [-0.2, -0.15) is 0 Å². The van der Waals surface area contributed by atoms with E-state index in [4.69, 9.17) is 4.74 Å². The molecule has 0 aliphatic rings. The molecule has 0 saturated heterocycles. The molecule has 56 heavy (non-hydrogen) atoms. The highest BCUT2D eigenvalue weighted by atomic mass is 32.2. The molecule has 0 aliphatic carbocycles. The second kappa shape index (κ2) is 22.9. The quantitative estimate of drug-likeness (QED) is 0.0602. The predicted molar refractivity (Wildman–Crippen MR) is 223 cm³/mol. The SMILES string of the molecule is CCCCCCCCCCCCCCCCCCN(C)S(=O)(=O)c1ccc(NC(=O)C(Oc2ccc(S(=O)(=O)c3ccc(O)cc3)cc2)C(=O)C(C)(C)C)cc1. The highest BCUT2D eigenvalue weighted by molar-refractivity contribution is 7.91. The van der Waals surface area contributed by atoms with Crippen molar-refractivity contribution >= 4 is 37.2 Å². The molecular formula is C44H64N2O8S2. The number of hydrogen-bond donors (Lipinski definition) is 2. The van der Waals surface area contributed by atoms with Gasteiger partial charge in [-0.1, -0.05) is 124 Å². The number of nitrogens with zero attached hydrogens (tertiary/aromatic N) is 1. The molecule has 0 aromatic heterocycles. The number of benzene rings is 3. The van der Waals surface area contributed by atoms with Crippen molar-refractivity contribution in [3.63, 3.8) is 0 Å². The van der Waals surface area contributed by atoms with Crippen molar-refractivity contribution in [1.82, 2.24) is 4.31 Å². The lowest BCUT2D eigenvalue weighted by Crippen LogP contribution is -2.45. The third kappa shape index (κ3) is 15.0. The van der Waals surface area contributed by atoms with E-state index in [1.807, 2.05) is 0 Å². The third-order valence-corrected chi connectivity index (χ3v) is 13.6. The van der Waals surface area contributed by atoms with Gasteiger partial charge in [-0.3, -0.25) is 9.59 Å². The first-order valence-electron chi connectivity index (χ1n) is 20.3. The normalized spacial score (nSPS) is 12.8. The number of anilines is 1. The van der Waals surface area contributed by atoms with Gasteiger partial charge >= 0.3 is 0 Å². The molecule has 0 fully saturated rings. The van der Waals surface area contributed by atoms with Crippen molar-refractivity contribution in [3.05, 3.63) is 72.8 Å². The minimum Gasteiger partial charge on any atom is -0.508 e. The smallest absolute Gasteiger partial charge is 0.273 e. The number of ether oxygens (including phenoxy) is 1. The maximum Gasteiger partial charge on any atom is 0.273 e. The first-order valence-corrected chi connectivity index (χ1v) is 23.2. The highest BCUT2D eigenvalue weighted by Crippen LogP contribution is 2.27. The number of carbonyl (C=O) groups excluding carboxylic acids is 2. The number of sulfonamides is 1. The second-order valence-electron chi connectivity index (χ2n) is 15.7. The van der Waals surface area contributed by atoms with E-state index in [1.165, 1.54) is 161 Å². The molecule has 1 atom stereocenters. The zero-order chi connectivity index (χ0) is 41.2. The van der Waals surface area contributed by atoms with E-state index in [-0.39, 0.29) is 31.9 Å². The van der Waals surface area contributed by atoms with Gasteiger partial charge in [-0.25, -0.2) is 21.1 Å². The van der Waals surface area contributed by atoms with E-state index in [0.29, 0.717) is 6.54 Å². The summed E-state index contributed by atoms with van der Waals surface area (Å²) in [7, 11) is -6.06. The molecule has 10 nitrogen and oxygen atoms in total. The number of aromatic hydroxyl groups is 1. The van der Waals surface area contributed by atoms with Crippen LogP contribution in [0.1, 0.15) is 130 Å². The lowest BCUT2D eigenvalue weighted by molar-refractivity contribution is -0.140. The summed E-state index contributed by atoms with van der Waals surface area (Å²) >= 11 is 0. The van der Waals surface area contributed by atoms with Crippen LogP contribution in [0.15, 0.2) is 87.5 Å². The minimum atomic E-state index is -3.89. The number of phenols is 1. The van der Waals surface area contributed by atoms with Gasteiger partial charge in [0, 0.05) is 24.7 Å². The number of sulfone groups is 1. The van der Waals surface area contributed by atoms with Crippen LogP contribution in [-0.2, 0) is 29.4 Å². The Bertz CT molecular complexity index is 1850. The number of Topliss-reactive ketones (excluding diaryl/α,β-unsaturated/α-hetero) is 1. The Morgan fingerprint density at radius 1 is 0.643 bits per heavy atom. The zero-order valence-electron chi connectivity index (χ0n) is 34.1. The lowest BCUT2D eigenvalue weighted by Gasteiger charge is -2.25. The minimum absolute atomic E-state index is 0.00926. The second-order valence-corrected chi connectivity index (χ2v) is 19.7. The molecule has 3 aromatic carbocycles. The topological polar surface area (TPSA) is 147 Å². The Kier molecular flexibility index (Phi) is 19.0. The van der Waals surface area contributed by atoms with Crippen molar-refractivity contribution in [1.29, 1.82) is 0 Å². The van der Waals surface area contributed by atoms with Gasteiger partial charge in [-0.15, -0.1) is 0 Å². The first-order chi connectivity index (χ1) is 26.6. The average molecular weight is 813 g/mol. The van der Waals surface area contributed by atoms with Gasteiger partial charge in [0.25, 0.3) is 5.91 Å². The van der Waals surface area contributed by atoms with Crippen molar-refractivity contribution in [2.75, 3.05) is 18.9 Å². The first kappa shape index (κ1) is 46.6. The molecule has 3 aromatic rings. The molecule has 3 rings (SSSR count). The molecule has 12 heteroatoms. The fraction of sp³-hybridized carbons (Fsp3) is 0.545. The van der Waals surface area contributed by atoms with Crippen LogP contribution in [0.5, 0.6) is 11.5 Å². The van der Waals surface area contributed by atoms with E-state index >= 15 is 0 Å². The predicted octanol–water partition coefficient (Wildman–Crippen LogP) is 10.1. The summed E-state index contributed by atoms with van der Waals surface area (Å²) in [6.45, 7) is 7.63. The van der Waals surface area contributed by atoms with Crippen molar-refractivity contribution in [2.24, 2.45) is 5.41 Å². The molecule has 1 unspecified atom stereocenters. The molecule has 0 radical (unpaired) electrons. The molecule has 0 spiro atoms. The average Bonchev–Trinajstić information content (AvgIpc) is 3.16. The van der Waals surface area contributed by atoms with Crippen LogP contribution >= 0.6 is 0 Å². The van der Waals surface area contributed by atoms with Gasteiger partial charge in [0.1, 0.15) is 11.5 Å². The molecule has 1 amide bonds. The lowest BCUT2D eigenvalue weighted by atomic mass is 9.87. The summed E-state index contributed by atoms with van der Waals surface area (Å²) in [5.74, 6) is -1.24. The van der Waals surface area contributed by atoms with Crippen LogP contribution in [0.3, 0.4) is 0 Å². The fourth-order valence-electron chi connectivity index (χ4n) is 6.31. The number of phenolic OH excluding ortho intramolecular Hbond substituents is 1. The molecule has 0 bridgehead atoms. The monoisotopic (exact) mass is 812 g/mol. The summed E-state index contributed by atoms with van der Waals surface area (Å²) in [5, 5.41) is 12.2. The van der Waals surface area contributed by atoms with Gasteiger partial charge < -0.3 is 15.2 Å². The number of ketones is 1. The molecule has 2 N–H and O–H groups in total. The Hall–Kier alpha value is -3.74. The third-order valence-electron chi connectivity index (χ3n) is 9.91. The maximum absolute atomic E-state index is 13.5. The van der Waals surface area contributed by atoms with Crippen molar-refractivity contribution in [3.8, 4) is 11.5 Å². The summed E-state index contributed by atoms with van der Waals surface area (Å²) in [6.07, 6.45) is 18.5. The van der Waals surface area contributed by atoms with E-state index in [1.54, 1.807) is 27.8 Å². The zero-order valence-corrected chi connectivity index (χ0v) is 35.7. The highest BCUT2D eigenvalue weighted by Gasteiger charge is 2.37. The Morgan fingerprint density at radius 2 is 1.05 bits per heavy atom. The fourth-order valence-corrected chi connectivity index (χ4v) is 8.79. The molecule has 310 valence electrons. The number of unbranched alkanes of at least 4 members (excludes halogenated alkanes) is 15. The van der Waals surface area contributed by atoms with Crippen LogP contribution in [0.2, 0.25) is 0 Å². The molecular weight excluding hydrogens is 749 g/mol. The maximum atomic E-state index is 13.5. The number of amides is 1. The van der Waals surface area contributed by atoms with Gasteiger partial charge in [-0.05, 0) is 79.2 Å². The summed E-state index contributed by atoms with van der Waals surface area (Å²) in [5.41, 5.74) is -0.681. The summed E-state index contributed by atoms with van der Waals surface area (Å²) in [4.78, 5) is 26.9. The van der Waals surface area contributed by atoms with Gasteiger partial charge in [0.05, 0.1) is 14.7 Å². The van der Waals surface area contributed by atoms with E-state index in [0.717, 1.165) is 19.3 Å². The van der Waals surface area contributed by atoms with Gasteiger partial charge in [0.2, 0.25) is 26.0 Å². The Labute approximate surface area is 336 Å². The van der Waals surface area contributed by atoms with E-state index in [2.05, 4.69) is 12.2 Å². The molecule has 0 aliphatic heterocycles. The number of carbonyl (C=O) groups is 2. The standard InChI is InChI=1S/C44H64N2O8S2/c1-6-7-8-9-10-11-12-13-14-15-16-17-18-19-20-21-34-46(5)56(52,53)40-28-22-35(23-29-40)45-43(49)41(42(48)44(2,3)4)54-37-26-32-39(33-27-37)55(50,51)38-30-24-36(47)25-31-38/h22-33,41,47H,6-21,34H2,1-5H3,(H,45,49). The van der Waals surface area contributed by atoms with E-state index in [9.17, 15) is 31.5 Å². The molecule has 0 saturated carbocycles. The molecule has 0 heterocycles. The van der Waals surface area contributed by atoms with Crippen molar-refractivity contribution < 1.29 is 36.3 Å². The van der Waals surface area contributed by atoms with Crippen molar-refractivity contribution in [2.45, 2.75) is 151 Å². The van der Waals surface area contributed by atoms with Gasteiger partial charge in [0.15, 0.2) is 5.78 Å². The number of nitrogens with one attached hydrogen (secondary N) is 1. The summed E-state index contributed by atoms with van der Waals surface area (Å²) < 4.78 is 59.8. The Balaban J connectivity index is 1.47. The number of hydrogen-bond acceptors (Lipinski definition) is 8. The van der Waals surface area contributed by atoms with E-state index < -0.39 is 43.1 Å². The van der Waals surface area contributed by atoms with Crippen LogP contribution in [0.25, 0.3) is 0 Å². The number of rotatable bonds is 26. The van der Waals surface area contributed by atoms with Crippen LogP contribution in [-0.4, -0.2) is 57.6 Å². The largest absolute Gasteiger partial charge is 0.508 e. The van der Waals surface area contributed by atoms with Crippen LogP contribution < -0.4 is 10.1 Å². The van der Waals surface area contributed by atoms with Crippen LogP contribution in [0, 0.1) is 5.41 Å². The Morgan fingerprint density at radius 3 is 1.50 bits per heavy atom. The van der Waals surface area contributed by atoms with Crippen LogP contribution in [0.4, 0.5) is 5.69 Å².